The molecule has 6 nitrogen and oxygen atoms in total. The van der Waals surface area contributed by atoms with E-state index in [1.165, 1.54) is 6.42 Å². The number of benzene rings is 1. The molecule has 142 valence electrons. The molecule has 1 aromatic carbocycles. The lowest BCUT2D eigenvalue weighted by Gasteiger charge is -2.39. The van der Waals surface area contributed by atoms with Crippen LogP contribution in [-0.4, -0.2) is 72.0 Å². The normalized spacial score (nSPS) is 19.2. The number of rotatable bonds is 3. The molecule has 3 rings (SSSR count). The first-order valence-electron chi connectivity index (χ1n) is 9.30. The van der Waals surface area contributed by atoms with Gasteiger partial charge in [-0.2, -0.15) is 0 Å². The number of likely N-dealkylation sites (tertiary alicyclic amines) is 1. The molecule has 1 aromatic rings. The highest BCUT2D eigenvalue weighted by Crippen LogP contribution is 2.24. The zero-order valence-electron chi connectivity index (χ0n) is 15.2. The maximum Gasteiger partial charge on any atom is 0.320 e. The van der Waals surface area contributed by atoms with Crippen LogP contribution in [0.3, 0.4) is 0 Å². The van der Waals surface area contributed by atoms with Crippen LogP contribution >= 0.6 is 11.6 Å². The summed E-state index contributed by atoms with van der Waals surface area (Å²) in [5.41, 5.74) is 0. The van der Waals surface area contributed by atoms with Gasteiger partial charge in [0.05, 0.1) is 5.02 Å². The minimum Gasteiger partial charge on any atom is -0.479 e. The van der Waals surface area contributed by atoms with Crippen LogP contribution in [0.15, 0.2) is 24.3 Å². The molecule has 0 aliphatic carbocycles. The molecule has 2 saturated heterocycles. The molecule has 0 bridgehead atoms. The van der Waals surface area contributed by atoms with Gasteiger partial charge < -0.3 is 19.4 Å². The average molecular weight is 380 g/mol. The van der Waals surface area contributed by atoms with Crippen molar-refractivity contribution in [2.75, 3.05) is 39.3 Å². The molecule has 0 saturated carbocycles. The van der Waals surface area contributed by atoms with E-state index in [1.54, 1.807) is 24.0 Å². The lowest BCUT2D eigenvalue weighted by molar-refractivity contribution is -0.139. The first-order valence-corrected chi connectivity index (χ1v) is 9.68. The number of piperazine rings is 1. The number of amides is 3. The number of nitrogens with zero attached hydrogens (tertiary/aromatic N) is 3. The van der Waals surface area contributed by atoms with Crippen LogP contribution in [-0.2, 0) is 4.79 Å². The second-order valence-corrected chi connectivity index (χ2v) is 7.24. The van der Waals surface area contributed by atoms with Crippen LogP contribution in [0.25, 0.3) is 0 Å². The highest BCUT2D eigenvalue weighted by atomic mass is 35.5. The van der Waals surface area contributed by atoms with Crippen molar-refractivity contribution in [1.29, 1.82) is 0 Å². The Kier molecular flexibility index (Phi) is 6.25. The summed E-state index contributed by atoms with van der Waals surface area (Å²) in [5.74, 6) is 0.434. The van der Waals surface area contributed by atoms with Gasteiger partial charge in [-0.15, -0.1) is 0 Å². The van der Waals surface area contributed by atoms with E-state index in [1.807, 2.05) is 21.9 Å². The Labute approximate surface area is 159 Å². The minimum absolute atomic E-state index is 0.0741. The van der Waals surface area contributed by atoms with Crippen LogP contribution in [0.4, 0.5) is 4.79 Å². The zero-order valence-corrected chi connectivity index (χ0v) is 16.0. The van der Waals surface area contributed by atoms with Gasteiger partial charge in [-0.1, -0.05) is 23.7 Å². The molecule has 2 aliphatic heterocycles. The molecule has 0 N–H and O–H groups in total. The number of carbonyl (C=O) groups excluding carboxylic acids is 2. The largest absolute Gasteiger partial charge is 0.479 e. The molecule has 0 aromatic heterocycles. The van der Waals surface area contributed by atoms with Gasteiger partial charge in [-0.25, -0.2) is 4.79 Å². The maximum atomic E-state index is 12.6. The molecular formula is C19H26ClN3O3. The molecule has 26 heavy (non-hydrogen) atoms. The van der Waals surface area contributed by atoms with Crippen LogP contribution in [0.1, 0.15) is 26.2 Å². The third-order valence-corrected chi connectivity index (χ3v) is 5.29. The fourth-order valence-corrected chi connectivity index (χ4v) is 3.62. The first kappa shape index (κ1) is 18.8. The lowest BCUT2D eigenvalue weighted by atomic mass is 10.1. The Bertz CT molecular complexity index is 641. The van der Waals surface area contributed by atoms with Gasteiger partial charge in [0.1, 0.15) is 5.75 Å². The molecule has 0 radical (unpaired) electrons. The lowest BCUT2D eigenvalue weighted by Crippen LogP contribution is -2.56. The van der Waals surface area contributed by atoms with Gasteiger partial charge in [0.15, 0.2) is 6.10 Å². The zero-order chi connectivity index (χ0) is 18.5. The van der Waals surface area contributed by atoms with Gasteiger partial charge in [0.2, 0.25) is 0 Å². The smallest absolute Gasteiger partial charge is 0.320 e. The van der Waals surface area contributed by atoms with Crippen LogP contribution < -0.4 is 4.74 Å². The number of ether oxygens (including phenoxy) is 1. The van der Waals surface area contributed by atoms with Crippen molar-refractivity contribution in [2.24, 2.45) is 0 Å². The van der Waals surface area contributed by atoms with E-state index < -0.39 is 6.10 Å². The number of hydrogen-bond acceptors (Lipinski definition) is 3. The molecule has 2 fully saturated rings. The second kappa shape index (κ2) is 8.62. The number of piperidine rings is 1. The van der Waals surface area contributed by atoms with Crippen LogP contribution in [0.2, 0.25) is 5.02 Å². The summed E-state index contributed by atoms with van der Waals surface area (Å²) in [6.45, 7) is 5.64. The summed E-state index contributed by atoms with van der Waals surface area (Å²) in [7, 11) is 0. The monoisotopic (exact) mass is 379 g/mol. The van der Waals surface area contributed by atoms with Crippen LogP contribution in [0, 0.1) is 0 Å². The number of hydrogen-bond donors (Lipinski definition) is 0. The number of carbonyl (C=O) groups is 2. The van der Waals surface area contributed by atoms with Crippen molar-refractivity contribution in [3.63, 3.8) is 0 Å². The van der Waals surface area contributed by atoms with E-state index in [9.17, 15) is 9.59 Å². The topological polar surface area (TPSA) is 53.1 Å². The molecule has 3 amide bonds. The molecule has 7 heteroatoms. The molecule has 2 aliphatic rings. The van der Waals surface area contributed by atoms with Gasteiger partial charge in [0, 0.05) is 39.3 Å². The third kappa shape index (κ3) is 4.41. The Hall–Kier alpha value is -1.95. The SMILES string of the molecule is C[C@H](Oc1ccccc1Cl)C(=O)N1CCN(C(=O)N2CCCCC2)CC1. The first-order chi connectivity index (χ1) is 12.6. The number of halogens is 1. The van der Waals surface area contributed by atoms with Gasteiger partial charge in [-0.05, 0) is 38.3 Å². The summed E-state index contributed by atoms with van der Waals surface area (Å²) in [6.07, 6.45) is 2.76. The van der Waals surface area contributed by atoms with E-state index in [0.29, 0.717) is 37.0 Å². The van der Waals surface area contributed by atoms with Crippen molar-refractivity contribution in [3.05, 3.63) is 29.3 Å². The molecule has 0 spiro atoms. The predicted octanol–water partition coefficient (Wildman–Crippen LogP) is 2.86. The van der Waals surface area contributed by atoms with E-state index >= 15 is 0 Å². The summed E-state index contributed by atoms with van der Waals surface area (Å²) in [6, 6.07) is 7.24. The fourth-order valence-electron chi connectivity index (χ4n) is 3.44. The standard InChI is InChI=1S/C19H26ClN3O3/c1-15(26-17-8-4-3-7-16(17)20)18(24)21-11-13-23(14-12-21)19(25)22-9-5-2-6-10-22/h3-4,7-8,15H,2,5-6,9-14H2,1H3/t15-/m0/s1. The van der Waals surface area contributed by atoms with E-state index in [4.69, 9.17) is 16.3 Å². The summed E-state index contributed by atoms with van der Waals surface area (Å²) in [5, 5.41) is 0.490. The van der Waals surface area contributed by atoms with Gasteiger partial charge in [0.25, 0.3) is 5.91 Å². The van der Waals surface area contributed by atoms with E-state index in [2.05, 4.69) is 0 Å². The van der Waals surface area contributed by atoms with Crippen molar-refractivity contribution in [1.82, 2.24) is 14.7 Å². The molecule has 1 atom stereocenters. The number of urea groups is 1. The average Bonchev–Trinajstić information content (AvgIpc) is 2.69. The fraction of sp³-hybridized carbons (Fsp3) is 0.579. The second-order valence-electron chi connectivity index (χ2n) is 6.83. The van der Waals surface area contributed by atoms with E-state index in [-0.39, 0.29) is 11.9 Å². The highest BCUT2D eigenvalue weighted by molar-refractivity contribution is 6.32. The molecular weight excluding hydrogens is 354 g/mol. The Balaban J connectivity index is 1.50. The molecule has 0 unspecified atom stereocenters. The molecule has 2 heterocycles. The van der Waals surface area contributed by atoms with Crippen molar-refractivity contribution in [2.45, 2.75) is 32.3 Å². The highest BCUT2D eigenvalue weighted by Gasteiger charge is 2.30. The predicted molar refractivity (Wildman–Crippen MR) is 101 cm³/mol. The quantitative estimate of drug-likeness (QED) is 0.811. The summed E-state index contributed by atoms with van der Waals surface area (Å²) >= 11 is 6.09. The van der Waals surface area contributed by atoms with E-state index in [0.717, 1.165) is 25.9 Å². The Morgan fingerprint density at radius 2 is 1.50 bits per heavy atom. The summed E-state index contributed by atoms with van der Waals surface area (Å²) in [4.78, 5) is 30.7. The van der Waals surface area contributed by atoms with Crippen molar-refractivity contribution >= 4 is 23.5 Å². The van der Waals surface area contributed by atoms with Crippen molar-refractivity contribution in [3.8, 4) is 5.75 Å². The number of para-hydroxylation sites is 1. The van der Waals surface area contributed by atoms with Crippen LogP contribution in [0.5, 0.6) is 5.75 Å². The van der Waals surface area contributed by atoms with Gasteiger partial charge in [-0.3, -0.25) is 4.79 Å². The minimum atomic E-state index is -0.612. The Morgan fingerprint density at radius 1 is 0.923 bits per heavy atom. The van der Waals surface area contributed by atoms with Crippen molar-refractivity contribution < 1.29 is 14.3 Å². The third-order valence-electron chi connectivity index (χ3n) is 4.98. The summed E-state index contributed by atoms with van der Waals surface area (Å²) < 4.78 is 5.72. The Morgan fingerprint density at radius 3 is 2.15 bits per heavy atom. The maximum absolute atomic E-state index is 12.6. The van der Waals surface area contributed by atoms with Gasteiger partial charge >= 0.3 is 6.03 Å².